The second kappa shape index (κ2) is 6.53. The zero-order valence-corrected chi connectivity index (χ0v) is 10.1. The number of carbonyl (C=O) groups excluding carboxylic acids is 2. The number of nitrogens with one attached hydrogen (secondary N) is 2. The number of aliphatic hydroxyl groups is 1. The van der Waals surface area contributed by atoms with Crippen molar-refractivity contribution in [1.82, 2.24) is 15.8 Å². The van der Waals surface area contributed by atoms with Crippen LogP contribution in [0.1, 0.15) is 13.8 Å². The molecule has 98 valence electrons. The molecule has 0 aromatic rings. The highest BCUT2D eigenvalue weighted by Gasteiger charge is 2.26. The first-order valence-electron chi connectivity index (χ1n) is 5.55. The fourth-order valence-electron chi connectivity index (χ4n) is 1.59. The summed E-state index contributed by atoms with van der Waals surface area (Å²) in [6, 6.07) is 0.112. The molecule has 7 heteroatoms. The molecule has 0 bridgehead atoms. The molecular formula is C10H19N3O4. The number of ether oxygens (including phenoxy) is 1. The molecule has 1 aliphatic rings. The van der Waals surface area contributed by atoms with Crippen LogP contribution in [0, 0.1) is 0 Å². The van der Waals surface area contributed by atoms with E-state index in [-0.39, 0.29) is 37.1 Å². The summed E-state index contributed by atoms with van der Waals surface area (Å²) >= 11 is 0. The molecule has 0 aliphatic carbocycles. The number of aliphatic hydroxyl groups excluding tert-OH is 1. The highest BCUT2D eigenvalue weighted by molar-refractivity contribution is 5.81. The molecule has 0 radical (unpaired) electrons. The summed E-state index contributed by atoms with van der Waals surface area (Å²) in [5.74, 6) is -0.604. The number of hydrogen-bond donors (Lipinski definition) is 3. The van der Waals surface area contributed by atoms with Gasteiger partial charge < -0.3 is 9.84 Å². The second-order valence-electron chi connectivity index (χ2n) is 4.15. The lowest BCUT2D eigenvalue weighted by Gasteiger charge is -2.36. The molecular weight excluding hydrogens is 226 g/mol. The molecule has 0 spiro atoms. The van der Waals surface area contributed by atoms with Crippen molar-refractivity contribution in [2.45, 2.75) is 26.0 Å². The Morgan fingerprint density at radius 3 is 2.76 bits per heavy atom. The van der Waals surface area contributed by atoms with E-state index in [0.717, 1.165) is 0 Å². The van der Waals surface area contributed by atoms with Gasteiger partial charge in [-0.2, -0.15) is 0 Å². The van der Waals surface area contributed by atoms with Crippen molar-refractivity contribution in [2.75, 3.05) is 26.3 Å². The Bertz CT molecular complexity index is 285. The average molecular weight is 245 g/mol. The van der Waals surface area contributed by atoms with Gasteiger partial charge in [-0.1, -0.05) is 0 Å². The minimum absolute atomic E-state index is 0.0590. The van der Waals surface area contributed by atoms with E-state index in [0.29, 0.717) is 13.2 Å². The Kier molecular flexibility index (Phi) is 5.33. The first-order chi connectivity index (χ1) is 8.02. The van der Waals surface area contributed by atoms with Crippen LogP contribution in [0.25, 0.3) is 0 Å². The monoisotopic (exact) mass is 245 g/mol. The molecule has 7 nitrogen and oxygen atoms in total. The van der Waals surface area contributed by atoms with Crippen molar-refractivity contribution in [1.29, 1.82) is 0 Å². The predicted octanol–water partition coefficient (Wildman–Crippen LogP) is -1.76. The van der Waals surface area contributed by atoms with Crippen LogP contribution < -0.4 is 10.9 Å². The fraction of sp³-hybridized carbons (Fsp3) is 0.800. The van der Waals surface area contributed by atoms with Gasteiger partial charge in [-0.25, -0.2) is 0 Å². The zero-order valence-electron chi connectivity index (χ0n) is 10.1. The van der Waals surface area contributed by atoms with Gasteiger partial charge >= 0.3 is 0 Å². The third kappa shape index (κ3) is 4.68. The van der Waals surface area contributed by atoms with Gasteiger partial charge in [-0.05, 0) is 6.92 Å². The standard InChI is InChI=1S/C10H19N3O4/c1-7-6-17-9(5-14)3-13(7)4-10(16)12-11-8(2)15/h7,9,14H,3-6H2,1-2H3,(H,11,15)(H,12,16). The van der Waals surface area contributed by atoms with Gasteiger partial charge in [0, 0.05) is 19.5 Å². The van der Waals surface area contributed by atoms with Crippen LogP contribution in [0.15, 0.2) is 0 Å². The predicted molar refractivity (Wildman–Crippen MR) is 59.8 cm³/mol. The first-order valence-corrected chi connectivity index (χ1v) is 5.55. The quantitative estimate of drug-likeness (QED) is 0.512. The molecule has 1 saturated heterocycles. The highest BCUT2D eigenvalue weighted by atomic mass is 16.5. The van der Waals surface area contributed by atoms with E-state index in [2.05, 4.69) is 10.9 Å². The van der Waals surface area contributed by atoms with Crippen molar-refractivity contribution in [3.8, 4) is 0 Å². The van der Waals surface area contributed by atoms with Gasteiger partial charge in [-0.15, -0.1) is 0 Å². The molecule has 0 saturated carbocycles. The Hall–Kier alpha value is -1.18. The van der Waals surface area contributed by atoms with Gasteiger partial charge in [0.05, 0.1) is 25.9 Å². The lowest BCUT2D eigenvalue weighted by molar-refractivity contribution is -0.132. The van der Waals surface area contributed by atoms with Crippen molar-refractivity contribution in [3.05, 3.63) is 0 Å². The van der Waals surface area contributed by atoms with E-state index in [1.165, 1.54) is 6.92 Å². The van der Waals surface area contributed by atoms with Crippen LogP contribution in [0.2, 0.25) is 0 Å². The van der Waals surface area contributed by atoms with Gasteiger partial charge in [0.25, 0.3) is 5.91 Å². The van der Waals surface area contributed by atoms with E-state index < -0.39 is 0 Å². The highest BCUT2D eigenvalue weighted by Crippen LogP contribution is 2.10. The maximum atomic E-state index is 11.5. The summed E-state index contributed by atoms with van der Waals surface area (Å²) in [4.78, 5) is 24.0. The summed E-state index contributed by atoms with van der Waals surface area (Å²) in [6.45, 7) is 4.36. The average Bonchev–Trinajstić information content (AvgIpc) is 2.29. The zero-order chi connectivity index (χ0) is 12.8. The molecule has 2 atom stereocenters. The van der Waals surface area contributed by atoms with E-state index in [4.69, 9.17) is 9.84 Å². The van der Waals surface area contributed by atoms with Crippen LogP contribution in [0.5, 0.6) is 0 Å². The first kappa shape index (κ1) is 13.9. The van der Waals surface area contributed by atoms with Crippen LogP contribution in [0.4, 0.5) is 0 Å². The summed E-state index contributed by atoms with van der Waals surface area (Å²) in [5.41, 5.74) is 4.53. The molecule has 3 N–H and O–H groups in total. The molecule has 1 aliphatic heterocycles. The number of hydrogen-bond acceptors (Lipinski definition) is 5. The van der Waals surface area contributed by atoms with Gasteiger partial charge in [-0.3, -0.25) is 25.3 Å². The smallest absolute Gasteiger partial charge is 0.252 e. The molecule has 0 aromatic carbocycles. The van der Waals surface area contributed by atoms with Crippen LogP contribution in [-0.2, 0) is 14.3 Å². The minimum atomic E-state index is -0.318. The van der Waals surface area contributed by atoms with E-state index >= 15 is 0 Å². The Morgan fingerprint density at radius 1 is 1.47 bits per heavy atom. The largest absolute Gasteiger partial charge is 0.394 e. The van der Waals surface area contributed by atoms with Crippen molar-refractivity contribution in [2.24, 2.45) is 0 Å². The number of hydrazine groups is 1. The minimum Gasteiger partial charge on any atom is -0.394 e. The van der Waals surface area contributed by atoms with Crippen LogP contribution in [0.3, 0.4) is 0 Å². The van der Waals surface area contributed by atoms with Crippen molar-refractivity contribution >= 4 is 11.8 Å². The molecule has 17 heavy (non-hydrogen) atoms. The summed E-state index contributed by atoms with van der Waals surface area (Å²) in [6.07, 6.45) is -0.250. The maximum Gasteiger partial charge on any atom is 0.252 e. The summed E-state index contributed by atoms with van der Waals surface area (Å²) in [7, 11) is 0. The summed E-state index contributed by atoms with van der Waals surface area (Å²) < 4.78 is 5.36. The third-order valence-electron chi connectivity index (χ3n) is 2.56. The van der Waals surface area contributed by atoms with E-state index in [9.17, 15) is 9.59 Å². The van der Waals surface area contributed by atoms with Crippen molar-refractivity contribution < 1.29 is 19.4 Å². The maximum absolute atomic E-state index is 11.5. The van der Waals surface area contributed by atoms with Gasteiger partial charge in [0.15, 0.2) is 0 Å². The van der Waals surface area contributed by atoms with Gasteiger partial charge in [0.1, 0.15) is 0 Å². The molecule has 2 unspecified atom stereocenters. The Morgan fingerprint density at radius 2 is 2.18 bits per heavy atom. The Labute approximate surface area is 100 Å². The molecule has 1 heterocycles. The Balaban J connectivity index is 2.37. The lowest BCUT2D eigenvalue weighted by atomic mass is 10.2. The molecule has 0 aromatic heterocycles. The normalized spacial score (nSPS) is 25.4. The second-order valence-corrected chi connectivity index (χ2v) is 4.15. The number of morpholine rings is 1. The van der Waals surface area contributed by atoms with Crippen LogP contribution in [-0.4, -0.2) is 60.3 Å². The number of nitrogens with zero attached hydrogens (tertiary/aromatic N) is 1. The van der Waals surface area contributed by atoms with Gasteiger partial charge in [0.2, 0.25) is 5.91 Å². The number of carbonyl (C=O) groups is 2. The molecule has 1 fully saturated rings. The lowest BCUT2D eigenvalue weighted by Crippen LogP contribution is -2.54. The number of rotatable bonds is 3. The number of amides is 2. The molecule has 2 amide bonds. The topological polar surface area (TPSA) is 90.9 Å². The SMILES string of the molecule is CC(=O)NNC(=O)CN1CC(CO)OCC1C. The summed E-state index contributed by atoms with van der Waals surface area (Å²) in [5, 5.41) is 9.00. The van der Waals surface area contributed by atoms with Crippen molar-refractivity contribution in [3.63, 3.8) is 0 Å². The van der Waals surface area contributed by atoms with E-state index in [1.807, 2.05) is 11.8 Å². The van der Waals surface area contributed by atoms with Crippen LogP contribution >= 0.6 is 0 Å². The fourth-order valence-corrected chi connectivity index (χ4v) is 1.59. The third-order valence-corrected chi connectivity index (χ3v) is 2.56. The molecule has 1 rings (SSSR count). The van der Waals surface area contributed by atoms with E-state index in [1.54, 1.807) is 0 Å².